The van der Waals surface area contributed by atoms with Gasteiger partial charge in [0.05, 0.1) is 11.4 Å². The number of nitrogens with zero attached hydrogens (tertiary/aromatic N) is 1. The highest BCUT2D eigenvalue weighted by Gasteiger charge is 2.20. The predicted octanol–water partition coefficient (Wildman–Crippen LogP) is 1.57. The lowest BCUT2D eigenvalue weighted by atomic mass is 10.00. The topological polar surface area (TPSA) is 24.4 Å². The Labute approximate surface area is 74.5 Å². The van der Waals surface area contributed by atoms with E-state index in [1.54, 1.807) is 0 Å². The van der Waals surface area contributed by atoms with Crippen molar-refractivity contribution in [3.63, 3.8) is 0 Å². The fourth-order valence-electron chi connectivity index (χ4n) is 1.19. The molecule has 0 bridgehead atoms. The van der Waals surface area contributed by atoms with Crippen LogP contribution < -0.4 is 5.32 Å². The molecule has 2 heteroatoms. The smallest absolute Gasteiger partial charge is 0.0975 e. The molecule has 0 saturated heterocycles. The van der Waals surface area contributed by atoms with Crippen molar-refractivity contribution in [2.45, 2.75) is 38.6 Å². The summed E-state index contributed by atoms with van der Waals surface area (Å²) in [4.78, 5) is 4.33. The maximum atomic E-state index is 5.43. The van der Waals surface area contributed by atoms with Gasteiger partial charge in [0.25, 0.3) is 0 Å². The van der Waals surface area contributed by atoms with Crippen LogP contribution in [0.15, 0.2) is 4.99 Å². The zero-order chi connectivity index (χ0) is 9.03. The van der Waals surface area contributed by atoms with Crippen molar-refractivity contribution < 1.29 is 0 Å². The van der Waals surface area contributed by atoms with Gasteiger partial charge in [-0.15, -0.1) is 6.42 Å². The first-order valence-corrected chi connectivity index (χ1v) is 4.49. The van der Waals surface area contributed by atoms with Crippen LogP contribution in [0.4, 0.5) is 0 Å². The van der Waals surface area contributed by atoms with Crippen LogP contribution >= 0.6 is 0 Å². The van der Waals surface area contributed by atoms with Gasteiger partial charge in [-0.25, -0.2) is 0 Å². The third-order valence-electron chi connectivity index (χ3n) is 2.32. The Bertz CT molecular complexity index is 224. The van der Waals surface area contributed by atoms with E-state index in [0.29, 0.717) is 0 Å². The first kappa shape index (κ1) is 9.12. The van der Waals surface area contributed by atoms with Gasteiger partial charge in [-0.3, -0.25) is 4.99 Å². The van der Waals surface area contributed by atoms with Gasteiger partial charge in [-0.2, -0.15) is 0 Å². The molecule has 0 aromatic carbocycles. The number of aliphatic imine (C=N–C) groups is 1. The standard InChI is InChI=1S/C10H16N2/c1-4-10(3,5-2)12-9-7-6-8-11-9/h1H,5-8H2,2-3H3,(H,11,12). The van der Waals surface area contributed by atoms with E-state index >= 15 is 0 Å². The molecule has 0 aliphatic carbocycles. The molecule has 0 aromatic rings. The van der Waals surface area contributed by atoms with Crippen molar-refractivity contribution in [3.05, 3.63) is 0 Å². The van der Waals surface area contributed by atoms with Crippen LogP contribution in [0.5, 0.6) is 0 Å². The van der Waals surface area contributed by atoms with E-state index in [1.165, 1.54) is 0 Å². The molecular weight excluding hydrogens is 148 g/mol. The predicted molar refractivity (Wildman–Crippen MR) is 52.2 cm³/mol. The van der Waals surface area contributed by atoms with E-state index in [1.807, 2.05) is 6.92 Å². The largest absolute Gasteiger partial charge is 0.358 e. The molecule has 0 radical (unpaired) electrons. The van der Waals surface area contributed by atoms with E-state index in [-0.39, 0.29) is 5.54 Å². The second-order valence-electron chi connectivity index (χ2n) is 3.39. The maximum absolute atomic E-state index is 5.43. The summed E-state index contributed by atoms with van der Waals surface area (Å²) in [6, 6.07) is 0. The summed E-state index contributed by atoms with van der Waals surface area (Å²) in [5.74, 6) is 3.84. The van der Waals surface area contributed by atoms with E-state index in [4.69, 9.17) is 6.42 Å². The summed E-state index contributed by atoms with van der Waals surface area (Å²) >= 11 is 0. The fraction of sp³-hybridized carbons (Fsp3) is 0.700. The summed E-state index contributed by atoms with van der Waals surface area (Å²) in [6.45, 7) is 5.07. The SMILES string of the molecule is C#CC(C)(CC)NC1=NCCC1. The van der Waals surface area contributed by atoms with Crippen LogP contribution in [0, 0.1) is 12.3 Å². The minimum Gasteiger partial charge on any atom is -0.358 e. The molecule has 1 unspecified atom stereocenters. The molecule has 1 N–H and O–H groups in total. The van der Waals surface area contributed by atoms with Crippen molar-refractivity contribution in [1.82, 2.24) is 5.32 Å². The zero-order valence-electron chi connectivity index (χ0n) is 7.85. The average Bonchev–Trinajstić information content (AvgIpc) is 2.57. The summed E-state index contributed by atoms with van der Waals surface area (Å²) < 4.78 is 0. The molecule has 2 nitrogen and oxygen atoms in total. The van der Waals surface area contributed by atoms with Crippen LogP contribution in [0.25, 0.3) is 0 Å². The van der Waals surface area contributed by atoms with Gasteiger partial charge in [0.1, 0.15) is 0 Å². The molecule has 1 atom stereocenters. The molecule has 0 aromatic heterocycles. The molecule has 0 saturated carbocycles. The second kappa shape index (κ2) is 3.62. The summed E-state index contributed by atoms with van der Waals surface area (Å²) in [7, 11) is 0. The lowest BCUT2D eigenvalue weighted by Crippen LogP contribution is -2.43. The highest BCUT2D eigenvalue weighted by Crippen LogP contribution is 2.10. The zero-order valence-corrected chi connectivity index (χ0v) is 7.85. The molecule has 1 aliphatic rings. The van der Waals surface area contributed by atoms with Crippen LogP contribution in [0.3, 0.4) is 0 Å². The molecule has 1 rings (SSSR count). The summed E-state index contributed by atoms with van der Waals surface area (Å²) in [5, 5.41) is 3.31. The molecular formula is C10H16N2. The van der Waals surface area contributed by atoms with E-state index < -0.39 is 0 Å². The highest BCUT2D eigenvalue weighted by molar-refractivity contribution is 5.84. The number of amidine groups is 1. The van der Waals surface area contributed by atoms with E-state index in [2.05, 4.69) is 23.2 Å². The van der Waals surface area contributed by atoms with E-state index in [0.717, 1.165) is 31.6 Å². The summed E-state index contributed by atoms with van der Waals surface area (Å²) in [5.41, 5.74) is -0.205. The number of nitrogens with one attached hydrogen (secondary N) is 1. The quantitative estimate of drug-likeness (QED) is 0.615. The highest BCUT2D eigenvalue weighted by atomic mass is 15.1. The average molecular weight is 164 g/mol. The van der Waals surface area contributed by atoms with Gasteiger partial charge in [0.2, 0.25) is 0 Å². The van der Waals surface area contributed by atoms with Crippen molar-refractivity contribution in [3.8, 4) is 12.3 Å². The molecule has 1 aliphatic heterocycles. The van der Waals surface area contributed by atoms with Crippen LogP contribution in [-0.4, -0.2) is 17.9 Å². The molecule has 66 valence electrons. The Morgan fingerprint density at radius 1 is 1.75 bits per heavy atom. The summed E-state index contributed by atoms with van der Waals surface area (Å²) in [6.07, 6.45) is 8.57. The van der Waals surface area contributed by atoms with Gasteiger partial charge in [0.15, 0.2) is 0 Å². The van der Waals surface area contributed by atoms with Crippen LogP contribution in [0.2, 0.25) is 0 Å². The van der Waals surface area contributed by atoms with Crippen molar-refractivity contribution in [1.29, 1.82) is 0 Å². The van der Waals surface area contributed by atoms with Gasteiger partial charge in [-0.1, -0.05) is 12.8 Å². The minimum absolute atomic E-state index is 0.205. The fourth-order valence-corrected chi connectivity index (χ4v) is 1.19. The molecule has 12 heavy (non-hydrogen) atoms. The van der Waals surface area contributed by atoms with Gasteiger partial charge >= 0.3 is 0 Å². The maximum Gasteiger partial charge on any atom is 0.0975 e. The lowest BCUT2D eigenvalue weighted by Gasteiger charge is -2.24. The van der Waals surface area contributed by atoms with Crippen LogP contribution in [-0.2, 0) is 0 Å². The first-order valence-electron chi connectivity index (χ1n) is 4.49. The van der Waals surface area contributed by atoms with Crippen molar-refractivity contribution in [2.24, 2.45) is 4.99 Å². The Kier molecular flexibility index (Phi) is 2.75. The van der Waals surface area contributed by atoms with Gasteiger partial charge in [-0.05, 0) is 19.8 Å². The van der Waals surface area contributed by atoms with Crippen molar-refractivity contribution in [2.75, 3.05) is 6.54 Å². The molecule has 1 heterocycles. The Hall–Kier alpha value is -0.970. The monoisotopic (exact) mass is 164 g/mol. The minimum atomic E-state index is -0.205. The molecule has 0 amide bonds. The number of terminal acetylenes is 1. The number of hydrogen-bond donors (Lipinski definition) is 1. The third-order valence-corrected chi connectivity index (χ3v) is 2.32. The molecule has 0 spiro atoms. The second-order valence-corrected chi connectivity index (χ2v) is 3.39. The lowest BCUT2D eigenvalue weighted by molar-refractivity contribution is 0.519. The normalized spacial score (nSPS) is 20.9. The third kappa shape index (κ3) is 2.01. The van der Waals surface area contributed by atoms with Gasteiger partial charge in [0, 0.05) is 13.0 Å². The molecule has 0 fully saturated rings. The Morgan fingerprint density at radius 3 is 2.92 bits per heavy atom. The Balaban J connectivity index is 2.54. The van der Waals surface area contributed by atoms with E-state index in [9.17, 15) is 0 Å². The van der Waals surface area contributed by atoms with Crippen molar-refractivity contribution >= 4 is 5.84 Å². The number of rotatable bonds is 2. The number of hydrogen-bond acceptors (Lipinski definition) is 2. The first-order chi connectivity index (χ1) is 5.70. The Morgan fingerprint density at radius 2 is 2.50 bits per heavy atom. The van der Waals surface area contributed by atoms with Gasteiger partial charge < -0.3 is 5.32 Å². The van der Waals surface area contributed by atoms with Crippen LogP contribution in [0.1, 0.15) is 33.1 Å².